The van der Waals surface area contributed by atoms with Crippen molar-refractivity contribution in [2.24, 2.45) is 0 Å². The quantitative estimate of drug-likeness (QED) is 0.205. The molecule has 0 N–H and O–H groups in total. The van der Waals surface area contributed by atoms with Gasteiger partial charge < -0.3 is 0 Å². The number of unbranched alkanes of at least 4 members (excludes halogenated alkanes) is 1. The number of hydrogen-bond acceptors (Lipinski definition) is 0. The predicted molar refractivity (Wildman–Crippen MR) is 103 cm³/mol. The van der Waals surface area contributed by atoms with Crippen molar-refractivity contribution in [3.8, 4) is 0 Å². The van der Waals surface area contributed by atoms with E-state index in [9.17, 15) is 0 Å². The van der Waals surface area contributed by atoms with E-state index < -0.39 is 8.07 Å². The van der Waals surface area contributed by atoms with E-state index in [0.29, 0.717) is 0 Å². The van der Waals surface area contributed by atoms with E-state index in [1.165, 1.54) is 31.0 Å². The van der Waals surface area contributed by atoms with Crippen LogP contribution in [0.2, 0.25) is 63.0 Å². The van der Waals surface area contributed by atoms with Gasteiger partial charge in [-0.25, -0.2) is 0 Å². The molecule has 0 saturated heterocycles. The fourth-order valence-electron chi connectivity index (χ4n) is 2.76. The summed E-state index contributed by atoms with van der Waals surface area (Å²) in [5, 5.41) is 1.20. The fraction of sp³-hybridized carbons (Fsp3) is 1.00. The molecule has 0 atom stereocenters. The summed E-state index contributed by atoms with van der Waals surface area (Å²) in [5.74, 6) is 0. The van der Waals surface area contributed by atoms with Gasteiger partial charge in [0.15, 0.2) is 0 Å². The van der Waals surface area contributed by atoms with E-state index in [-0.39, 0.29) is 17.6 Å². The number of alkyl halides is 1. The van der Waals surface area contributed by atoms with Gasteiger partial charge in [-0.15, -0.1) is 0 Å². The zero-order chi connectivity index (χ0) is 14.7. The van der Waals surface area contributed by atoms with Gasteiger partial charge in [0.25, 0.3) is 0 Å². The van der Waals surface area contributed by atoms with Gasteiger partial charge in [0, 0.05) is 22.9 Å². The molecule has 4 heteroatoms. The molecule has 0 spiro atoms. The number of rotatable bonds is 12. The van der Waals surface area contributed by atoms with Crippen LogP contribution in [0, 0.1) is 0 Å². The Morgan fingerprint density at radius 3 is 1.53 bits per heavy atom. The maximum absolute atomic E-state index is 3.58. The van der Waals surface area contributed by atoms with E-state index in [4.69, 9.17) is 0 Å². The Labute approximate surface area is 135 Å². The predicted octanol–water partition coefficient (Wildman–Crippen LogP) is 6.53. The highest BCUT2D eigenvalue weighted by Gasteiger charge is 2.25. The first-order valence-corrected chi connectivity index (χ1v) is 17.7. The van der Waals surface area contributed by atoms with Crippen LogP contribution in [0.5, 0.6) is 0 Å². The van der Waals surface area contributed by atoms with Gasteiger partial charge in [0.1, 0.15) is 0 Å². The van der Waals surface area contributed by atoms with E-state index in [0.717, 1.165) is 0 Å². The minimum absolute atomic E-state index is 0.00505. The van der Waals surface area contributed by atoms with Crippen molar-refractivity contribution < 1.29 is 0 Å². The topological polar surface area (TPSA) is 0 Å². The van der Waals surface area contributed by atoms with Crippen LogP contribution in [0.3, 0.4) is 0 Å². The van der Waals surface area contributed by atoms with Crippen LogP contribution < -0.4 is 0 Å². The van der Waals surface area contributed by atoms with Crippen molar-refractivity contribution in [1.82, 2.24) is 0 Å². The average molecular weight is 380 g/mol. The molecule has 0 aliphatic carbocycles. The van der Waals surface area contributed by atoms with Gasteiger partial charge in [-0.3, -0.25) is 0 Å². The van der Waals surface area contributed by atoms with Crippen LogP contribution >= 0.6 is 15.9 Å². The molecule has 0 aliphatic rings. The second-order valence-corrected chi connectivity index (χ2v) is 18.8. The molecule has 0 rings (SSSR count). The first-order valence-electron chi connectivity index (χ1n) is 8.04. The lowest BCUT2D eigenvalue weighted by Gasteiger charge is -2.28. The van der Waals surface area contributed by atoms with Gasteiger partial charge >= 0.3 is 0 Å². The lowest BCUT2D eigenvalue weighted by atomic mass is 10.4. The third-order valence-electron chi connectivity index (χ3n) is 4.08. The molecule has 19 heavy (non-hydrogen) atoms. The normalized spacial score (nSPS) is 12.6. The second-order valence-electron chi connectivity index (χ2n) is 7.08. The van der Waals surface area contributed by atoms with Crippen LogP contribution in [-0.4, -0.2) is 31.0 Å². The summed E-state index contributed by atoms with van der Waals surface area (Å²) < 4.78 is 0. The minimum atomic E-state index is -0.909. The molecule has 0 aromatic rings. The third kappa shape index (κ3) is 12.6. The molecule has 0 heterocycles. The number of hydrogen-bond donors (Lipinski definition) is 0. The maximum atomic E-state index is 3.58. The molecule has 0 aromatic carbocycles. The van der Waals surface area contributed by atoms with Crippen molar-refractivity contribution in [3.63, 3.8) is 0 Å². The largest absolute Gasteiger partial charge is 0.0928 e. The summed E-state index contributed by atoms with van der Waals surface area (Å²) in [6.07, 6.45) is 5.93. The zero-order valence-corrected chi connectivity index (χ0v) is 18.5. The van der Waals surface area contributed by atoms with Gasteiger partial charge in [-0.2, -0.15) is 0 Å². The molecule has 114 valence electrons. The Hall–Kier alpha value is 1.13. The molecule has 0 unspecified atom stereocenters. The fourth-order valence-corrected chi connectivity index (χ4v) is 9.54. The van der Waals surface area contributed by atoms with Gasteiger partial charge in [-0.05, 0) is 6.42 Å². The Balaban J connectivity index is 4.10. The average Bonchev–Trinajstić information content (AvgIpc) is 2.28. The number of halogens is 1. The summed E-state index contributed by atoms with van der Waals surface area (Å²) in [6.45, 7) is 12.6. The molecule has 0 aromatic heterocycles. The minimum Gasteiger partial charge on any atom is -0.0928 e. The van der Waals surface area contributed by atoms with Crippen molar-refractivity contribution >= 4 is 41.6 Å². The highest BCUT2D eigenvalue weighted by atomic mass is 79.9. The molecule has 0 bridgehead atoms. The van der Waals surface area contributed by atoms with Crippen LogP contribution in [-0.2, 0) is 0 Å². The molecular weight excluding hydrogens is 344 g/mol. The maximum Gasteiger partial charge on any atom is 0.0504 e. The van der Waals surface area contributed by atoms with Gasteiger partial charge in [0.05, 0.1) is 8.07 Å². The molecule has 0 saturated carbocycles. The highest BCUT2D eigenvalue weighted by molar-refractivity contribution is 9.09. The van der Waals surface area contributed by atoms with Crippen LogP contribution in [0.4, 0.5) is 0 Å². The molecule has 0 nitrogen and oxygen atoms in total. The van der Waals surface area contributed by atoms with Crippen molar-refractivity contribution in [1.29, 1.82) is 0 Å². The summed E-state index contributed by atoms with van der Waals surface area (Å²) in [7, 11) is -0.898. The lowest BCUT2D eigenvalue weighted by Crippen LogP contribution is -2.30. The standard InChI is InChI=1S/C15H35BrSi3/c1-17(2)11-8-14-19(5,13-7-6-10-16)15-9-12-18(3)4/h6-15H2,1-5H3. The smallest absolute Gasteiger partial charge is 0.0504 e. The summed E-state index contributed by atoms with van der Waals surface area (Å²) in [6, 6.07) is 7.90. The molecule has 0 aliphatic heterocycles. The Kier molecular flexibility index (Phi) is 12.5. The highest BCUT2D eigenvalue weighted by Crippen LogP contribution is 2.29. The van der Waals surface area contributed by atoms with E-state index in [1.54, 1.807) is 30.2 Å². The Bertz CT molecular complexity index is 194. The molecule has 0 amide bonds. The summed E-state index contributed by atoms with van der Waals surface area (Å²) >= 11 is 3.58. The van der Waals surface area contributed by atoms with E-state index >= 15 is 0 Å². The molecular formula is C15H35BrSi3. The van der Waals surface area contributed by atoms with Crippen LogP contribution in [0.1, 0.15) is 25.7 Å². The summed E-state index contributed by atoms with van der Waals surface area (Å²) in [5.41, 5.74) is 0. The first-order chi connectivity index (χ1) is 8.89. The Morgan fingerprint density at radius 1 is 0.737 bits per heavy atom. The zero-order valence-electron chi connectivity index (χ0n) is 13.9. The van der Waals surface area contributed by atoms with E-state index in [2.05, 4.69) is 48.7 Å². The Morgan fingerprint density at radius 2 is 1.16 bits per heavy atom. The van der Waals surface area contributed by atoms with Crippen LogP contribution in [0.25, 0.3) is 0 Å². The first kappa shape index (κ1) is 20.1. The van der Waals surface area contributed by atoms with Gasteiger partial charge in [-0.1, -0.05) is 98.1 Å². The molecule has 2 radical (unpaired) electrons. The lowest BCUT2D eigenvalue weighted by molar-refractivity contribution is 0.850. The second kappa shape index (κ2) is 11.8. The van der Waals surface area contributed by atoms with E-state index in [1.807, 2.05) is 0 Å². The SMILES string of the molecule is C[Si](C)CCC[Si](C)(CCCCBr)CCC[Si](C)C. The van der Waals surface area contributed by atoms with Crippen molar-refractivity contribution in [2.45, 2.75) is 88.6 Å². The van der Waals surface area contributed by atoms with Crippen molar-refractivity contribution in [2.75, 3.05) is 5.33 Å². The third-order valence-corrected chi connectivity index (χ3v) is 12.0. The van der Waals surface area contributed by atoms with Gasteiger partial charge in [0.2, 0.25) is 0 Å². The van der Waals surface area contributed by atoms with Crippen molar-refractivity contribution in [3.05, 3.63) is 0 Å². The summed E-state index contributed by atoms with van der Waals surface area (Å²) in [4.78, 5) is 0. The molecule has 0 fully saturated rings. The monoisotopic (exact) mass is 378 g/mol. The van der Waals surface area contributed by atoms with Crippen LogP contribution in [0.15, 0.2) is 0 Å².